The molecule has 9 heteroatoms. The summed E-state index contributed by atoms with van der Waals surface area (Å²) in [6, 6.07) is 6.41. The lowest BCUT2D eigenvalue weighted by Gasteiger charge is -2.35. The fourth-order valence-electron chi connectivity index (χ4n) is 2.39. The van der Waals surface area contributed by atoms with Crippen LogP contribution in [0.2, 0.25) is 10.3 Å². The summed E-state index contributed by atoms with van der Waals surface area (Å²) >= 11 is 11.8. The van der Waals surface area contributed by atoms with Gasteiger partial charge >= 0.3 is 0 Å². The number of aromatic nitrogens is 2. The van der Waals surface area contributed by atoms with E-state index in [1.807, 2.05) is 0 Å². The third-order valence-corrected chi connectivity index (χ3v) is 4.25. The van der Waals surface area contributed by atoms with E-state index in [2.05, 4.69) is 15.6 Å². The number of carbonyl (C=O) groups is 2. The lowest BCUT2D eigenvalue weighted by molar-refractivity contribution is 0.0358. The number of methoxy groups -OCH3 is 1. The molecule has 27 heavy (non-hydrogen) atoms. The minimum absolute atomic E-state index is 0.0200. The monoisotopic (exact) mass is 410 g/mol. The van der Waals surface area contributed by atoms with Crippen molar-refractivity contribution in [3.05, 3.63) is 51.3 Å². The quantitative estimate of drug-likeness (QED) is 0.779. The zero-order valence-electron chi connectivity index (χ0n) is 15.6. The minimum atomic E-state index is -0.751. The van der Waals surface area contributed by atoms with Crippen LogP contribution in [-0.4, -0.2) is 39.7 Å². The second kappa shape index (κ2) is 8.10. The summed E-state index contributed by atoms with van der Waals surface area (Å²) in [6.07, 6.45) is 0. The van der Waals surface area contributed by atoms with Crippen LogP contribution in [0.25, 0.3) is 0 Å². The largest absolute Gasteiger partial charge is 0.496 e. The lowest BCUT2D eigenvalue weighted by atomic mass is 10.1. The second-order valence-electron chi connectivity index (χ2n) is 6.76. The van der Waals surface area contributed by atoms with Crippen molar-refractivity contribution in [3.8, 4) is 5.75 Å². The smallest absolute Gasteiger partial charge is 0.276 e. The van der Waals surface area contributed by atoms with Gasteiger partial charge in [-0.15, -0.1) is 10.2 Å². The van der Waals surface area contributed by atoms with Crippen molar-refractivity contribution in [2.75, 3.05) is 7.11 Å². The van der Waals surface area contributed by atoms with Gasteiger partial charge < -0.3 is 4.74 Å². The number of hydrazine groups is 1. The minimum Gasteiger partial charge on any atom is -0.496 e. The van der Waals surface area contributed by atoms with Gasteiger partial charge in [-0.1, -0.05) is 29.3 Å². The highest BCUT2D eigenvalue weighted by molar-refractivity contribution is 6.34. The van der Waals surface area contributed by atoms with Gasteiger partial charge in [0.25, 0.3) is 11.8 Å². The number of amides is 2. The molecule has 2 amide bonds. The van der Waals surface area contributed by atoms with Crippen LogP contribution in [0.3, 0.4) is 0 Å². The molecule has 0 aliphatic carbocycles. The van der Waals surface area contributed by atoms with Gasteiger partial charge in [0.15, 0.2) is 10.3 Å². The number of hydrogen-bond donors (Lipinski definition) is 1. The van der Waals surface area contributed by atoms with Crippen molar-refractivity contribution < 1.29 is 14.3 Å². The first-order valence-electron chi connectivity index (χ1n) is 8.04. The molecule has 0 radical (unpaired) electrons. The zero-order chi connectivity index (χ0) is 20.4. The predicted molar refractivity (Wildman–Crippen MR) is 103 cm³/mol. The summed E-state index contributed by atoms with van der Waals surface area (Å²) in [7, 11) is 1.52. The topological polar surface area (TPSA) is 84.4 Å². The van der Waals surface area contributed by atoms with Crippen molar-refractivity contribution in [3.63, 3.8) is 0 Å². The maximum absolute atomic E-state index is 13.0. The van der Waals surface area contributed by atoms with Gasteiger partial charge in [-0.05, 0) is 45.9 Å². The molecule has 1 heterocycles. The molecule has 144 valence electrons. The first-order valence-corrected chi connectivity index (χ1v) is 8.79. The third-order valence-electron chi connectivity index (χ3n) is 3.79. The number of rotatable bonds is 3. The Kier molecular flexibility index (Phi) is 6.28. The molecule has 0 saturated carbocycles. The molecule has 0 bridgehead atoms. The van der Waals surface area contributed by atoms with Crippen molar-refractivity contribution in [1.29, 1.82) is 0 Å². The number of hydrogen-bond acceptors (Lipinski definition) is 5. The summed E-state index contributed by atoms with van der Waals surface area (Å²) in [4.78, 5) is 25.8. The van der Waals surface area contributed by atoms with E-state index in [4.69, 9.17) is 27.9 Å². The molecule has 0 aliphatic heterocycles. The Morgan fingerprint density at radius 2 is 1.81 bits per heavy atom. The zero-order valence-corrected chi connectivity index (χ0v) is 17.1. The van der Waals surface area contributed by atoms with E-state index in [9.17, 15) is 9.59 Å². The molecule has 1 aromatic carbocycles. The van der Waals surface area contributed by atoms with Gasteiger partial charge in [-0.3, -0.25) is 15.0 Å². The van der Waals surface area contributed by atoms with Crippen LogP contribution in [0.4, 0.5) is 0 Å². The highest BCUT2D eigenvalue weighted by atomic mass is 35.5. The molecule has 0 saturated heterocycles. The van der Waals surface area contributed by atoms with Crippen LogP contribution in [-0.2, 0) is 0 Å². The Balaban J connectivity index is 2.40. The molecule has 0 fully saturated rings. The number of halogens is 2. The number of carbonyl (C=O) groups excluding carboxylic acids is 2. The highest BCUT2D eigenvalue weighted by Crippen LogP contribution is 2.23. The van der Waals surface area contributed by atoms with Gasteiger partial charge in [0.2, 0.25) is 0 Å². The fraction of sp³-hybridized carbons (Fsp3) is 0.333. The first kappa shape index (κ1) is 20.9. The molecular weight excluding hydrogens is 391 g/mol. The molecule has 0 atom stereocenters. The maximum Gasteiger partial charge on any atom is 0.276 e. The first-order chi connectivity index (χ1) is 12.6. The van der Waals surface area contributed by atoms with Crippen molar-refractivity contribution in [2.24, 2.45) is 0 Å². The Morgan fingerprint density at radius 1 is 1.15 bits per heavy atom. The average molecular weight is 411 g/mol. The van der Waals surface area contributed by atoms with Crippen LogP contribution in [0.1, 0.15) is 47.1 Å². The Bertz CT molecular complexity index is 881. The van der Waals surface area contributed by atoms with E-state index in [0.717, 1.165) is 0 Å². The number of benzene rings is 1. The maximum atomic E-state index is 13.0. The summed E-state index contributed by atoms with van der Waals surface area (Å²) in [5.41, 5.74) is 2.98. The normalized spacial score (nSPS) is 11.1. The number of nitrogens with one attached hydrogen (secondary N) is 1. The molecule has 2 rings (SSSR count). The van der Waals surface area contributed by atoms with Gasteiger partial charge in [-0.2, -0.15) is 0 Å². The second-order valence-corrected chi connectivity index (χ2v) is 7.50. The molecule has 1 aromatic heterocycles. The van der Waals surface area contributed by atoms with Crippen LogP contribution in [0, 0.1) is 6.92 Å². The standard InChI is InChI=1S/C18H20Cl2N4O3/c1-10-11(7-6-8-13(10)27-5)16(25)23-24(18(2,3)4)17(26)12-9-14(19)21-22-15(12)20/h6-9H,1-5H3,(H,23,25). The van der Waals surface area contributed by atoms with Gasteiger partial charge in [0.05, 0.1) is 18.2 Å². The SMILES string of the molecule is COc1cccc(C(=O)NN(C(=O)c2cc(Cl)nnc2Cl)C(C)(C)C)c1C. The van der Waals surface area contributed by atoms with Crippen molar-refractivity contribution in [2.45, 2.75) is 33.2 Å². The lowest BCUT2D eigenvalue weighted by Crippen LogP contribution is -2.56. The molecular formula is C18H20Cl2N4O3. The third kappa shape index (κ3) is 4.67. The van der Waals surface area contributed by atoms with E-state index in [-0.39, 0.29) is 15.9 Å². The molecule has 7 nitrogen and oxygen atoms in total. The predicted octanol–water partition coefficient (Wildman–Crippen LogP) is 3.69. The Hall–Kier alpha value is -2.38. The van der Waals surface area contributed by atoms with Gasteiger partial charge in [-0.25, -0.2) is 5.01 Å². The highest BCUT2D eigenvalue weighted by Gasteiger charge is 2.32. The Morgan fingerprint density at radius 3 is 2.41 bits per heavy atom. The van der Waals surface area contributed by atoms with Crippen LogP contribution in [0.5, 0.6) is 5.75 Å². The van der Waals surface area contributed by atoms with Crippen LogP contribution in [0.15, 0.2) is 24.3 Å². The van der Waals surface area contributed by atoms with E-state index < -0.39 is 17.4 Å². The van der Waals surface area contributed by atoms with E-state index in [1.165, 1.54) is 18.2 Å². The van der Waals surface area contributed by atoms with Crippen molar-refractivity contribution >= 4 is 35.0 Å². The van der Waals surface area contributed by atoms with Gasteiger partial charge in [0, 0.05) is 11.1 Å². The summed E-state index contributed by atoms with van der Waals surface area (Å²) in [6.45, 7) is 7.08. The molecule has 0 aliphatic rings. The van der Waals surface area contributed by atoms with Crippen LogP contribution >= 0.6 is 23.2 Å². The number of ether oxygens (including phenoxy) is 1. The summed E-state index contributed by atoms with van der Waals surface area (Å²) in [5, 5.41) is 8.34. The number of nitrogens with zero attached hydrogens (tertiary/aromatic N) is 3. The van der Waals surface area contributed by atoms with E-state index in [0.29, 0.717) is 16.9 Å². The molecule has 1 N–H and O–H groups in total. The fourth-order valence-corrected chi connectivity index (χ4v) is 2.71. The van der Waals surface area contributed by atoms with Gasteiger partial charge in [0.1, 0.15) is 5.75 Å². The molecule has 2 aromatic rings. The van der Waals surface area contributed by atoms with Crippen LogP contribution < -0.4 is 10.2 Å². The summed E-state index contributed by atoms with van der Waals surface area (Å²) in [5.74, 6) is -0.443. The van der Waals surface area contributed by atoms with Crippen molar-refractivity contribution in [1.82, 2.24) is 20.6 Å². The van der Waals surface area contributed by atoms with E-state index >= 15 is 0 Å². The average Bonchev–Trinajstić information content (AvgIpc) is 2.60. The van der Waals surface area contributed by atoms with E-state index in [1.54, 1.807) is 45.9 Å². The Labute approximate surface area is 167 Å². The molecule has 0 spiro atoms. The molecule has 0 unspecified atom stereocenters. The summed E-state index contributed by atoms with van der Waals surface area (Å²) < 4.78 is 5.25.